The molecule has 2 heterocycles. The fourth-order valence-corrected chi connectivity index (χ4v) is 1.60. The molecule has 82 valence electrons. The summed E-state index contributed by atoms with van der Waals surface area (Å²) >= 11 is 3.18. The Hall–Kier alpha value is -1.49. The highest BCUT2D eigenvalue weighted by Crippen LogP contribution is 2.17. The number of pyridine rings is 1. The normalized spacial score (nSPS) is 10.4. The molecule has 0 unspecified atom stereocenters. The number of nitrogens with one attached hydrogen (secondary N) is 1. The van der Waals surface area contributed by atoms with Crippen LogP contribution in [-0.4, -0.2) is 15.0 Å². The van der Waals surface area contributed by atoms with Crippen molar-refractivity contribution in [3.63, 3.8) is 0 Å². The van der Waals surface area contributed by atoms with Crippen molar-refractivity contribution in [3.05, 3.63) is 44.4 Å². The first-order chi connectivity index (χ1) is 7.59. The van der Waals surface area contributed by atoms with Gasteiger partial charge >= 0.3 is 0 Å². The lowest BCUT2D eigenvalue weighted by Gasteiger charge is -2.05. The Morgan fingerprint density at radius 3 is 2.75 bits per heavy atom. The fraction of sp³-hybridized carbons (Fsp3) is 0.182. The molecule has 0 aromatic carbocycles. The van der Waals surface area contributed by atoms with Crippen LogP contribution in [-0.2, 0) is 0 Å². The summed E-state index contributed by atoms with van der Waals surface area (Å²) in [5.41, 5.74) is 2.15. The maximum Gasteiger partial charge on any atom is 0.265 e. The third-order valence-electron chi connectivity index (χ3n) is 2.26. The number of rotatable bonds is 1. The molecule has 2 rings (SSSR count). The number of hydrogen-bond donors (Lipinski definition) is 1. The van der Waals surface area contributed by atoms with Gasteiger partial charge in [0.25, 0.3) is 5.56 Å². The average Bonchev–Trinajstić information content (AvgIpc) is 2.26. The van der Waals surface area contributed by atoms with E-state index in [0.29, 0.717) is 21.7 Å². The monoisotopic (exact) mass is 279 g/mol. The van der Waals surface area contributed by atoms with E-state index in [1.807, 2.05) is 19.1 Å². The van der Waals surface area contributed by atoms with Gasteiger partial charge in [0, 0.05) is 6.20 Å². The minimum atomic E-state index is -0.187. The SMILES string of the molecule is Cc1cccnc1-c1nc(C)c(Br)c(=O)[nH]1. The van der Waals surface area contributed by atoms with E-state index >= 15 is 0 Å². The molecule has 4 nitrogen and oxygen atoms in total. The molecule has 0 saturated heterocycles. The Balaban J connectivity index is 2.67. The van der Waals surface area contributed by atoms with Crippen molar-refractivity contribution in [2.45, 2.75) is 13.8 Å². The Kier molecular flexibility index (Phi) is 2.87. The van der Waals surface area contributed by atoms with Crippen LogP contribution < -0.4 is 5.56 Å². The molecule has 0 aliphatic carbocycles. The highest BCUT2D eigenvalue weighted by Gasteiger charge is 2.09. The molecule has 0 radical (unpaired) electrons. The summed E-state index contributed by atoms with van der Waals surface area (Å²) in [5.74, 6) is 0.504. The zero-order valence-corrected chi connectivity index (χ0v) is 10.5. The lowest BCUT2D eigenvalue weighted by molar-refractivity contribution is 1.03. The van der Waals surface area contributed by atoms with E-state index in [1.54, 1.807) is 13.1 Å². The summed E-state index contributed by atoms with van der Waals surface area (Å²) in [4.78, 5) is 22.8. The van der Waals surface area contributed by atoms with Crippen molar-refractivity contribution >= 4 is 15.9 Å². The molecule has 16 heavy (non-hydrogen) atoms. The van der Waals surface area contributed by atoms with Gasteiger partial charge in [0.2, 0.25) is 0 Å². The van der Waals surface area contributed by atoms with Gasteiger partial charge in [-0.3, -0.25) is 9.78 Å². The second kappa shape index (κ2) is 4.17. The molecule has 0 aliphatic heterocycles. The Morgan fingerprint density at radius 1 is 1.38 bits per heavy atom. The smallest absolute Gasteiger partial charge is 0.265 e. The first-order valence-corrected chi connectivity index (χ1v) is 5.57. The van der Waals surface area contributed by atoms with Gasteiger partial charge in [0.1, 0.15) is 10.2 Å². The van der Waals surface area contributed by atoms with E-state index in [0.717, 1.165) is 5.56 Å². The van der Waals surface area contributed by atoms with Gasteiger partial charge in [-0.05, 0) is 41.4 Å². The summed E-state index contributed by atoms with van der Waals surface area (Å²) in [5, 5.41) is 0. The summed E-state index contributed by atoms with van der Waals surface area (Å²) in [6, 6.07) is 3.78. The third-order valence-corrected chi connectivity index (χ3v) is 3.20. The molecule has 2 aromatic heterocycles. The molecule has 2 aromatic rings. The third kappa shape index (κ3) is 1.90. The first kappa shape index (κ1) is 11.0. The van der Waals surface area contributed by atoms with Crippen LogP contribution in [0.1, 0.15) is 11.3 Å². The van der Waals surface area contributed by atoms with Crippen LogP contribution in [0.2, 0.25) is 0 Å². The van der Waals surface area contributed by atoms with Gasteiger partial charge < -0.3 is 4.98 Å². The van der Waals surface area contributed by atoms with Gasteiger partial charge in [0.05, 0.1) is 5.69 Å². The van der Waals surface area contributed by atoms with Crippen molar-refractivity contribution in [3.8, 4) is 11.5 Å². The van der Waals surface area contributed by atoms with Crippen molar-refractivity contribution in [1.82, 2.24) is 15.0 Å². The molecule has 0 amide bonds. The molecular formula is C11H10BrN3O. The number of nitrogens with zero attached hydrogens (tertiary/aromatic N) is 2. The highest BCUT2D eigenvalue weighted by atomic mass is 79.9. The second-order valence-corrected chi connectivity index (χ2v) is 4.28. The maximum atomic E-state index is 11.6. The van der Waals surface area contributed by atoms with Gasteiger partial charge in [-0.2, -0.15) is 0 Å². The van der Waals surface area contributed by atoms with E-state index in [4.69, 9.17) is 0 Å². The van der Waals surface area contributed by atoms with Crippen molar-refractivity contribution in [2.24, 2.45) is 0 Å². The van der Waals surface area contributed by atoms with Crippen LogP contribution in [0.25, 0.3) is 11.5 Å². The number of hydrogen-bond acceptors (Lipinski definition) is 3. The van der Waals surface area contributed by atoms with Crippen LogP contribution in [0.5, 0.6) is 0 Å². The largest absolute Gasteiger partial charge is 0.304 e. The lowest BCUT2D eigenvalue weighted by Crippen LogP contribution is -2.12. The predicted molar refractivity (Wildman–Crippen MR) is 65.3 cm³/mol. The van der Waals surface area contributed by atoms with Crippen molar-refractivity contribution in [2.75, 3.05) is 0 Å². The molecule has 0 saturated carbocycles. The van der Waals surface area contributed by atoms with Crippen LogP contribution in [0, 0.1) is 13.8 Å². The molecule has 1 N–H and O–H groups in total. The average molecular weight is 280 g/mol. The summed E-state index contributed by atoms with van der Waals surface area (Å²) in [6.07, 6.45) is 1.68. The molecule has 0 spiro atoms. The van der Waals surface area contributed by atoms with Crippen LogP contribution in [0.15, 0.2) is 27.6 Å². The highest BCUT2D eigenvalue weighted by molar-refractivity contribution is 9.10. The number of halogens is 1. The van der Waals surface area contributed by atoms with Crippen LogP contribution in [0.3, 0.4) is 0 Å². The topological polar surface area (TPSA) is 58.6 Å². The van der Waals surface area contributed by atoms with E-state index in [1.165, 1.54) is 0 Å². The zero-order valence-electron chi connectivity index (χ0n) is 8.91. The Labute approximate surface area is 101 Å². The Bertz CT molecular complexity index is 592. The van der Waals surface area contributed by atoms with E-state index in [9.17, 15) is 4.79 Å². The fourth-order valence-electron chi connectivity index (χ4n) is 1.42. The van der Waals surface area contributed by atoms with Gasteiger partial charge in [-0.1, -0.05) is 6.07 Å². The van der Waals surface area contributed by atoms with E-state index in [2.05, 4.69) is 30.9 Å². The summed E-state index contributed by atoms with van der Waals surface area (Å²) < 4.78 is 0.463. The van der Waals surface area contributed by atoms with Crippen molar-refractivity contribution in [1.29, 1.82) is 0 Å². The quantitative estimate of drug-likeness (QED) is 0.871. The number of H-pyrrole nitrogens is 1. The molecule has 0 atom stereocenters. The van der Waals surface area contributed by atoms with Gasteiger partial charge in [0.15, 0.2) is 5.82 Å². The molecular weight excluding hydrogens is 270 g/mol. The van der Waals surface area contributed by atoms with E-state index in [-0.39, 0.29) is 5.56 Å². The van der Waals surface area contributed by atoms with E-state index < -0.39 is 0 Å². The molecule has 0 aliphatic rings. The Morgan fingerprint density at radius 2 is 2.12 bits per heavy atom. The minimum absolute atomic E-state index is 0.187. The number of aromatic nitrogens is 3. The molecule has 0 bridgehead atoms. The lowest BCUT2D eigenvalue weighted by atomic mass is 10.2. The van der Waals surface area contributed by atoms with Gasteiger partial charge in [-0.15, -0.1) is 0 Å². The first-order valence-electron chi connectivity index (χ1n) is 4.78. The number of aromatic amines is 1. The van der Waals surface area contributed by atoms with Crippen LogP contribution in [0.4, 0.5) is 0 Å². The maximum absolute atomic E-state index is 11.6. The minimum Gasteiger partial charge on any atom is -0.304 e. The standard InChI is InChI=1S/C11H10BrN3O/c1-6-4-3-5-13-9(6)10-14-7(2)8(12)11(16)15-10/h3-5H,1-2H3,(H,14,15,16). The molecule has 5 heteroatoms. The van der Waals surface area contributed by atoms with Gasteiger partial charge in [-0.25, -0.2) is 4.98 Å². The zero-order chi connectivity index (χ0) is 11.7. The second-order valence-electron chi connectivity index (χ2n) is 3.48. The van der Waals surface area contributed by atoms with Crippen LogP contribution >= 0.6 is 15.9 Å². The summed E-state index contributed by atoms with van der Waals surface area (Å²) in [6.45, 7) is 3.71. The predicted octanol–water partition coefficient (Wildman–Crippen LogP) is 2.21. The number of aryl methyl sites for hydroxylation is 2. The van der Waals surface area contributed by atoms with Crippen molar-refractivity contribution < 1.29 is 0 Å². The molecule has 0 fully saturated rings. The summed E-state index contributed by atoms with van der Waals surface area (Å²) in [7, 11) is 0.